The van der Waals surface area contributed by atoms with Crippen molar-refractivity contribution in [2.45, 2.75) is 20.8 Å². The minimum absolute atomic E-state index is 0.167. The predicted molar refractivity (Wildman–Crippen MR) is 95.1 cm³/mol. The number of aromatic nitrogens is 2. The average molecular weight is 504 g/mol. The molecule has 0 saturated heterocycles. The van der Waals surface area contributed by atoms with E-state index in [0.717, 1.165) is 17.7 Å². The molecule has 0 aromatic carbocycles. The number of hydrogen-bond acceptors (Lipinski definition) is 7. The number of carbonyl (C=O) groups is 2. The van der Waals surface area contributed by atoms with E-state index in [4.69, 9.17) is 57.7 Å². The van der Waals surface area contributed by atoms with Crippen LogP contribution in [0.3, 0.4) is 0 Å². The Hall–Kier alpha value is -1.65. The molecule has 0 radical (unpaired) electrons. The summed E-state index contributed by atoms with van der Waals surface area (Å²) in [5, 5.41) is 0. The first-order valence-corrected chi connectivity index (χ1v) is 11.3. The Kier molecular flexibility index (Phi) is 14.2. The summed E-state index contributed by atoms with van der Waals surface area (Å²) in [6.07, 6.45) is 1.13. The van der Waals surface area contributed by atoms with Crippen LogP contribution in [0.15, 0.2) is 15.8 Å². The molecule has 0 unspecified atom stereocenters. The zero-order valence-electron chi connectivity index (χ0n) is 15.2. The van der Waals surface area contributed by atoms with E-state index >= 15 is 0 Å². The molecule has 1 aromatic heterocycles. The number of phosphoric acid groups is 3. The fourth-order valence-electron chi connectivity index (χ4n) is 1.18. The highest BCUT2D eigenvalue weighted by Crippen LogP contribution is 2.26. The zero-order valence-corrected chi connectivity index (χ0v) is 17.9. The third kappa shape index (κ3) is 24.4. The van der Waals surface area contributed by atoms with Gasteiger partial charge in [0, 0.05) is 25.6 Å². The highest BCUT2D eigenvalue weighted by atomic mass is 31.2. The smallest absolute Gasteiger partial charge is 0.303 e. The lowest BCUT2D eigenvalue weighted by atomic mass is 10.3. The molecule has 30 heavy (non-hydrogen) atoms. The van der Waals surface area contributed by atoms with E-state index in [0.29, 0.717) is 4.57 Å². The molecule has 1 heterocycles. The SMILES string of the molecule is CC(=O)n1cc(C)c(=O)n(C(C)=O)c1=O.O=P(O)(O)O.O=P(O)(O)O.O=P(O)(O)O. The number of carbonyl (C=O) groups excluding carboxylic acids is 2. The van der Waals surface area contributed by atoms with Crippen molar-refractivity contribution < 1.29 is 67.3 Å². The van der Waals surface area contributed by atoms with Crippen molar-refractivity contribution in [1.82, 2.24) is 9.13 Å². The molecule has 0 saturated carbocycles. The summed E-state index contributed by atoms with van der Waals surface area (Å²) in [5.41, 5.74) is -1.45. The van der Waals surface area contributed by atoms with Crippen molar-refractivity contribution in [2.24, 2.45) is 0 Å². The molecule has 0 atom stereocenters. The van der Waals surface area contributed by atoms with Crippen LogP contribution in [0.5, 0.6) is 0 Å². The minimum atomic E-state index is -4.64. The molecular weight excluding hydrogens is 485 g/mol. The molecule has 176 valence electrons. The van der Waals surface area contributed by atoms with Gasteiger partial charge < -0.3 is 44.0 Å². The molecule has 0 bridgehead atoms. The van der Waals surface area contributed by atoms with Gasteiger partial charge in [-0.3, -0.25) is 14.4 Å². The Morgan fingerprint density at radius 1 is 0.733 bits per heavy atom. The maximum absolute atomic E-state index is 11.5. The van der Waals surface area contributed by atoms with Crippen LogP contribution in [-0.4, -0.2) is 65.0 Å². The van der Waals surface area contributed by atoms with E-state index in [9.17, 15) is 19.2 Å². The van der Waals surface area contributed by atoms with Gasteiger partial charge in [-0.15, -0.1) is 0 Å². The van der Waals surface area contributed by atoms with Gasteiger partial charge in [0.2, 0.25) is 11.8 Å². The number of rotatable bonds is 0. The summed E-state index contributed by atoms with van der Waals surface area (Å²) in [7, 11) is -13.9. The maximum Gasteiger partial charge on any atom is 0.466 e. The van der Waals surface area contributed by atoms with Crippen LogP contribution in [0.1, 0.15) is 29.0 Å². The molecule has 0 amide bonds. The van der Waals surface area contributed by atoms with Gasteiger partial charge >= 0.3 is 29.2 Å². The van der Waals surface area contributed by atoms with Crippen molar-refractivity contribution in [3.63, 3.8) is 0 Å². The van der Waals surface area contributed by atoms with E-state index in [1.807, 2.05) is 0 Å². The topological polar surface area (TPSA) is 311 Å². The number of nitrogens with zero attached hydrogens (tertiary/aromatic N) is 2. The summed E-state index contributed by atoms with van der Waals surface area (Å²) < 4.78 is 27.8. The van der Waals surface area contributed by atoms with Gasteiger partial charge in [0.25, 0.3) is 5.56 Å². The lowest BCUT2D eigenvalue weighted by Gasteiger charge is -2.05. The molecule has 21 heteroatoms. The van der Waals surface area contributed by atoms with Gasteiger partial charge in [-0.2, -0.15) is 4.57 Å². The van der Waals surface area contributed by atoms with Crippen LogP contribution >= 0.6 is 23.5 Å². The summed E-state index contributed by atoms with van der Waals surface area (Å²) in [6, 6.07) is 0. The standard InChI is InChI=1S/C9H10N2O4.3H3O4P/c1-5-4-10(6(2)12)9(15)11(7(3)13)8(5)14;3*1-5(2,3)4/h4H,1-3H3;3*(H3,1,2,3,4). The van der Waals surface area contributed by atoms with Crippen molar-refractivity contribution in [1.29, 1.82) is 0 Å². The first-order chi connectivity index (χ1) is 12.9. The highest BCUT2D eigenvalue weighted by Gasteiger charge is 2.13. The second-order valence-corrected chi connectivity index (χ2v) is 7.76. The third-order valence-corrected chi connectivity index (χ3v) is 1.91. The first kappa shape index (κ1) is 33.0. The fraction of sp³-hybridized carbons (Fsp3) is 0.333. The molecule has 1 aromatic rings. The average Bonchev–Trinajstić information content (AvgIpc) is 2.36. The van der Waals surface area contributed by atoms with Gasteiger partial charge in [-0.1, -0.05) is 0 Å². The van der Waals surface area contributed by atoms with Crippen LogP contribution in [0.4, 0.5) is 0 Å². The molecule has 0 spiro atoms. The van der Waals surface area contributed by atoms with Crippen LogP contribution < -0.4 is 11.2 Å². The van der Waals surface area contributed by atoms with Crippen molar-refractivity contribution in [2.75, 3.05) is 0 Å². The first-order valence-electron chi connectivity index (χ1n) is 6.58. The Labute approximate surface area is 166 Å². The Morgan fingerprint density at radius 2 is 1.00 bits per heavy atom. The second kappa shape index (κ2) is 12.9. The van der Waals surface area contributed by atoms with Crippen molar-refractivity contribution in [3.8, 4) is 0 Å². The van der Waals surface area contributed by atoms with Crippen LogP contribution in [0, 0.1) is 6.92 Å². The fourth-order valence-corrected chi connectivity index (χ4v) is 1.18. The molecule has 1 rings (SSSR count). The van der Waals surface area contributed by atoms with Gasteiger partial charge in [-0.05, 0) is 6.92 Å². The molecule has 0 aliphatic rings. The van der Waals surface area contributed by atoms with Crippen LogP contribution in [0.2, 0.25) is 0 Å². The van der Waals surface area contributed by atoms with E-state index in [2.05, 4.69) is 0 Å². The number of hydrogen-bond donors (Lipinski definition) is 9. The van der Waals surface area contributed by atoms with Crippen molar-refractivity contribution in [3.05, 3.63) is 32.6 Å². The summed E-state index contributed by atoms with van der Waals surface area (Å²) in [4.78, 5) is 110. The molecule has 0 aliphatic carbocycles. The largest absolute Gasteiger partial charge is 0.466 e. The third-order valence-electron chi connectivity index (χ3n) is 1.91. The molecular formula is C9H19N2O16P3. The van der Waals surface area contributed by atoms with E-state index in [1.165, 1.54) is 13.8 Å². The minimum Gasteiger partial charge on any atom is -0.303 e. The molecule has 18 nitrogen and oxygen atoms in total. The Bertz CT molecular complexity index is 918. The van der Waals surface area contributed by atoms with E-state index < -0.39 is 46.5 Å². The van der Waals surface area contributed by atoms with Gasteiger partial charge in [0.05, 0.1) is 0 Å². The Balaban J connectivity index is -0.000000400. The highest BCUT2D eigenvalue weighted by molar-refractivity contribution is 7.45. The predicted octanol–water partition coefficient (Wildman–Crippen LogP) is -3.15. The summed E-state index contributed by atoms with van der Waals surface area (Å²) in [5.74, 6) is -1.25. The van der Waals surface area contributed by atoms with Gasteiger partial charge in [0.15, 0.2) is 0 Å². The number of aryl methyl sites for hydroxylation is 1. The Morgan fingerprint density at radius 3 is 1.20 bits per heavy atom. The van der Waals surface area contributed by atoms with Gasteiger partial charge in [-0.25, -0.2) is 23.1 Å². The normalized spacial score (nSPS) is 10.9. The van der Waals surface area contributed by atoms with Gasteiger partial charge in [0.1, 0.15) is 0 Å². The van der Waals surface area contributed by atoms with Crippen LogP contribution in [0.25, 0.3) is 0 Å². The molecule has 9 N–H and O–H groups in total. The zero-order chi connectivity index (χ0) is 25.2. The monoisotopic (exact) mass is 504 g/mol. The van der Waals surface area contributed by atoms with Crippen molar-refractivity contribution >= 4 is 35.3 Å². The maximum atomic E-state index is 11.5. The lowest BCUT2D eigenvalue weighted by Crippen LogP contribution is -2.44. The lowest BCUT2D eigenvalue weighted by molar-refractivity contribution is 0.0906. The summed E-state index contributed by atoms with van der Waals surface area (Å²) >= 11 is 0. The molecule has 0 aliphatic heterocycles. The summed E-state index contributed by atoms with van der Waals surface area (Å²) in [6.45, 7) is 3.70. The second-order valence-electron chi connectivity index (χ2n) is 4.68. The molecule has 0 fully saturated rings. The van der Waals surface area contributed by atoms with E-state index in [-0.39, 0.29) is 5.56 Å². The van der Waals surface area contributed by atoms with E-state index in [1.54, 1.807) is 0 Å². The quantitative estimate of drug-likeness (QED) is 0.158. The van der Waals surface area contributed by atoms with Crippen LogP contribution in [-0.2, 0) is 13.7 Å².